The van der Waals surface area contributed by atoms with Gasteiger partial charge >= 0.3 is 11.9 Å². The van der Waals surface area contributed by atoms with E-state index in [-0.39, 0.29) is 24.1 Å². The molecule has 19 heavy (non-hydrogen) atoms. The number of rotatable bonds is 4. The lowest BCUT2D eigenvalue weighted by molar-refractivity contribution is -0.197. The lowest BCUT2D eigenvalue weighted by atomic mass is 9.88. The maximum atomic E-state index is 11.6. The predicted molar refractivity (Wildman–Crippen MR) is 64.8 cm³/mol. The molecule has 0 N–H and O–H groups in total. The zero-order valence-electron chi connectivity index (χ0n) is 11.1. The lowest BCUT2D eigenvalue weighted by Gasteiger charge is -2.28. The largest absolute Gasteiger partial charge is 0.459 e. The van der Waals surface area contributed by atoms with Crippen LogP contribution < -0.4 is 0 Å². The van der Waals surface area contributed by atoms with E-state index in [1.165, 1.54) is 0 Å². The van der Waals surface area contributed by atoms with Crippen LogP contribution in [0.5, 0.6) is 0 Å². The van der Waals surface area contributed by atoms with Crippen molar-refractivity contribution < 1.29 is 23.8 Å². The van der Waals surface area contributed by atoms with Crippen molar-refractivity contribution in [1.29, 1.82) is 0 Å². The Morgan fingerprint density at radius 2 is 2.21 bits per heavy atom. The first kappa shape index (κ1) is 12.7. The van der Waals surface area contributed by atoms with Crippen LogP contribution in [0.3, 0.4) is 0 Å². The molecule has 0 aromatic heterocycles. The van der Waals surface area contributed by atoms with E-state index >= 15 is 0 Å². The molecular formula is C14H18O5. The highest BCUT2D eigenvalue weighted by Gasteiger charge is 2.62. The lowest BCUT2D eigenvalue weighted by Crippen LogP contribution is -2.37. The summed E-state index contributed by atoms with van der Waals surface area (Å²) in [6.45, 7) is 6.80. The Morgan fingerprint density at radius 3 is 2.89 bits per heavy atom. The normalized spacial score (nSPS) is 40.1. The Kier molecular flexibility index (Phi) is 2.89. The van der Waals surface area contributed by atoms with Crippen molar-refractivity contribution in [2.24, 2.45) is 17.8 Å². The number of esters is 2. The fourth-order valence-corrected chi connectivity index (χ4v) is 3.59. The topological polar surface area (TPSA) is 61.8 Å². The van der Waals surface area contributed by atoms with Crippen LogP contribution in [-0.2, 0) is 23.8 Å². The molecule has 3 aliphatic rings. The highest BCUT2D eigenvalue weighted by Crippen LogP contribution is 2.55. The Bertz CT molecular complexity index is 443. The van der Waals surface area contributed by atoms with Crippen LogP contribution in [-0.4, -0.2) is 30.4 Å². The highest BCUT2D eigenvalue weighted by atomic mass is 16.7. The summed E-state index contributed by atoms with van der Waals surface area (Å²) in [4.78, 5) is 23.0. The van der Waals surface area contributed by atoms with Gasteiger partial charge in [0.2, 0.25) is 6.29 Å². The number of hydrogen-bond acceptors (Lipinski definition) is 5. The van der Waals surface area contributed by atoms with Crippen molar-refractivity contribution in [2.45, 2.75) is 45.2 Å². The third-order valence-corrected chi connectivity index (χ3v) is 4.38. The van der Waals surface area contributed by atoms with Crippen molar-refractivity contribution in [3.05, 3.63) is 12.2 Å². The summed E-state index contributed by atoms with van der Waals surface area (Å²) in [5.41, 5.74) is 0.343. The Morgan fingerprint density at radius 1 is 1.47 bits per heavy atom. The number of fused-ring (bicyclic) bond motifs is 1. The highest BCUT2D eigenvalue weighted by molar-refractivity contribution is 5.87. The van der Waals surface area contributed by atoms with Crippen LogP contribution in [0.25, 0.3) is 0 Å². The molecule has 1 aliphatic heterocycles. The van der Waals surface area contributed by atoms with Gasteiger partial charge in [-0.1, -0.05) is 6.58 Å². The van der Waals surface area contributed by atoms with E-state index in [4.69, 9.17) is 14.2 Å². The SMILES string of the molecule is C=C(C)C(=O)OC(C)OC1C2CC3C(=O)OC1C3C2. The van der Waals surface area contributed by atoms with Crippen LogP contribution in [0.2, 0.25) is 0 Å². The van der Waals surface area contributed by atoms with E-state index in [1.54, 1.807) is 13.8 Å². The van der Waals surface area contributed by atoms with E-state index in [9.17, 15) is 9.59 Å². The van der Waals surface area contributed by atoms with Gasteiger partial charge in [-0.05, 0) is 32.6 Å². The molecule has 0 aromatic carbocycles. The first-order valence-corrected chi connectivity index (χ1v) is 6.70. The second kappa shape index (κ2) is 4.34. The molecule has 0 spiro atoms. The van der Waals surface area contributed by atoms with E-state index in [0.29, 0.717) is 17.4 Å². The molecular weight excluding hydrogens is 248 g/mol. The van der Waals surface area contributed by atoms with Crippen LogP contribution in [0.15, 0.2) is 12.2 Å². The molecule has 0 aromatic rings. The summed E-state index contributed by atoms with van der Waals surface area (Å²) >= 11 is 0. The molecule has 2 aliphatic carbocycles. The standard InChI is InChI=1S/C14H18O5/c1-6(2)13(15)18-7(3)17-11-8-4-9-10(5-8)14(16)19-12(9)11/h7-12H,1,4-5H2,2-3H3. The van der Waals surface area contributed by atoms with Gasteiger partial charge in [0.25, 0.3) is 0 Å². The molecule has 6 unspecified atom stereocenters. The van der Waals surface area contributed by atoms with Gasteiger partial charge in [-0.25, -0.2) is 4.79 Å². The molecule has 104 valence electrons. The molecule has 2 bridgehead atoms. The summed E-state index contributed by atoms with van der Waals surface area (Å²) in [5, 5.41) is 0. The second-order valence-corrected chi connectivity index (χ2v) is 5.76. The molecule has 0 radical (unpaired) electrons. The van der Waals surface area contributed by atoms with Gasteiger partial charge in [0.1, 0.15) is 12.2 Å². The zero-order valence-corrected chi connectivity index (χ0v) is 11.1. The van der Waals surface area contributed by atoms with Crippen molar-refractivity contribution >= 4 is 11.9 Å². The van der Waals surface area contributed by atoms with Crippen LogP contribution in [0.4, 0.5) is 0 Å². The predicted octanol–water partition coefficient (Wildman–Crippen LogP) is 1.42. The molecule has 5 nitrogen and oxygen atoms in total. The Hall–Kier alpha value is -1.36. The van der Waals surface area contributed by atoms with Gasteiger partial charge in [0.15, 0.2) is 0 Å². The quantitative estimate of drug-likeness (QED) is 0.437. The molecule has 5 heteroatoms. The summed E-state index contributed by atoms with van der Waals surface area (Å²) in [7, 11) is 0. The second-order valence-electron chi connectivity index (χ2n) is 5.76. The average Bonchev–Trinajstić information content (AvgIpc) is 2.93. The Labute approximate surface area is 111 Å². The molecule has 6 atom stereocenters. The van der Waals surface area contributed by atoms with Gasteiger partial charge in [-0.15, -0.1) is 0 Å². The number of carbonyl (C=O) groups excluding carboxylic acids is 2. The molecule has 1 saturated heterocycles. The molecule has 1 heterocycles. The first-order valence-electron chi connectivity index (χ1n) is 6.70. The third kappa shape index (κ3) is 1.96. The smallest absolute Gasteiger partial charge is 0.335 e. The Balaban J connectivity index is 1.61. The minimum atomic E-state index is -0.647. The maximum Gasteiger partial charge on any atom is 0.335 e. The maximum absolute atomic E-state index is 11.6. The minimum absolute atomic E-state index is 0.0723. The third-order valence-electron chi connectivity index (χ3n) is 4.38. The van der Waals surface area contributed by atoms with Gasteiger partial charge in [-0.2, -0.15) is 0 Å². The van der Waals surface area contributed by atoms with Crippen LogP contribution in [0.1, 0.15) is 26.7 Å². The minimum Gasteiger partial charge on any atom is -0.459 e. The van der Waals surface area contributed by atoms with Crippen LogP contribution >= 0.6 is 0 Å². The summed E-state index contributed by atoms with van der Waals surface area (Å²) in [6, 6.07) is 0. The molecule has 3 rings (SSSR count). The number of carbonyl (C=O) groups is 2. The van der Waals surface area contributed by atoms with Crippen molar-refractivity contribution in [1.82, 2.24) is 0 Å². The zero-order chi connectivity index (χ0) is 13.7. The van der Waals surface area contributed by atoms with Gasteiger partial charge in [-0.3, -0.25) is 4.79 Å². The molecule has 3 fully saturated rings. The van der Waals surface area contributed by atoms with Gasteiger partial charge in [0, 0.05) is 11.5 Å². The van der Waals surface area contributed by atoms with E-state index < -0.39 is 12.3 Å². The van der Waals surface area contributed by atoms with Gasteiger partial charge in [0.05, 0.1) is 5.92 Å². The van der Waals surface area contributed by atoms with E-state index in [0.717, 1.165) is 12.8 Å². The fourth-order valence-electron chi connectivity index (χ4n) is 3.59. The first-order chi connectivity index (χ1) is 8.97. The number of ether oxygens (including phenoxy) is 3. The number of hydrogen-bond donors (Lipinski definition) is 0. The van der Waals surface area contributed by atoms with Crippen molar-refractivity contribution in [2.75, 3.05) is 0 Å². The molecule has 2 saturated carbocycles. The van der Waals surface area contributed by atoms with Gasteiger partial charge < -0.3 is 14.2 Å². The monoisotopic (exact) mass is 266 g/mol. The summed E-state index contributed by atoms with van der Waals surface area (Å²) < 4.78 is 16.3. The van der Waals surface area contributed by atoms with Crippen LogP contribution in [0, 0.1) is 17.8 Å². The fraction of sp³-hybridized carbons (Fsp3) is 0.714. The van der Waals surface area contributed by atoms with E-state index in [1.807, 2.05) is 0 Å². The summed E-state index contributed by atoms with van der Waals surface area (Å²) in [6.07, 6.45) is 0.882. The van der Waals surface area contributed by atoms with E-state index in [2.05, 4.69) is 6.58 Å². The van der Waals surface area contributed by atoms with Crippen molar-refractivity contribution in [3.63, 3.8) is 0 Å². The van der Waals surface area contributed by atoms with Crippen molar-refractivity contribution in [3.8, 4) is 0 Å². The molecule has 0 amide bonds. The average molecular weight is 266 g/mol. The summed E-state index contributed by atoms with van der Waals surface area (Å²) in [5.74, 6) is 0.166.